The number of carbonyl (C=O) groups excluding carboxylic acids is 1. The monoisotopic (exact) mass is 634 g/mol. The van der Waals surface area contributed by atoms with Gasteiger partial charge in [0.2, 0.25) is 0 Å². The zero-order chi connectivity index (χ0) is 31.4. The summed E-state index contributed by atoms with van der Waals surface area (Å²) in [7, 11) is 0. The van der Waals surface area contributed by atoms with Crippen molar-refractivity contribution in [3.05, 3.63) is 52.3 Å². The van der Waals surface area contributed by atoms with Gasteiger partial charge in [0.1, 0.15) is 0 Å². The summed E-state index contributed by atoms with van der Waals surface area (Å²) in [6.45, 7) is 10.3. The molecule has 0 amide bonds. The van der Waals surface area contributed by atoms with Crippen molar-refractivity contribution in [3.8, 4) is 11.3 Å². The van der Waals surface area contributed by atoms with Crippen molar-refractivity contribution in [3.63, 3.8) is 0 Å². The first-order chi connectivity index (χ1) is 21.0. The quantitative estimate of drug-likeness (QED) is 0.201. The second-order valence-corrected chi connectivity index (χ2v) is 12.4. The van der Waals surface area contributed by atoms with E-state index in [0.717, 1.165) is 30.3 Å². The molecule has 3 aromatic rings. The van der Waals surface area contributed by atoms with Crippen LogP contribution in [0, 0.1) is 12.7 Å². The van der Waals surface area contributed by atoms with Crippen LogP contribution in [0.15, 0.2) is 30.5 Å². The smallest absolute Gasteiger partial charge is 0.416 e. The first-order valence-electron chi connectivity index (χ1n) is 15.0. The van der Waals surface area contributed by atoms with Crippen LogP contribution >= 0.6 is 11.3 Å². The number of alkyl halides is 3. The molecule has 4 heterocycles. The molecule has 1 N–H and O–H groups in total. The summed E-state index contributed by atoms with van der Waals surface area (Å²) in [5, 5.41) is 3.38. The molecule has 2 saturated heterocycles. The number of piperazine rings is 1. The Kier molecular flexibility index (Phi) is 10.1. The molecule has 0 radical (unpaired) electrons. The highest BCUT2D eigenvalue weighted by atomic mass is 32.1. The lowest BCUT2D eigenvalue weighted by Crippen LogP contribution is -2.47. The van der Waals surface area contributed by atoms with Gasteiger partial charge in [0.05, 0.1) is 30.0 Å². The molecule has 2 fully saturated rings. The number of rotatable bonds is 10. The number of ether oxygens (including phenoxy) is 1. The molecule has 1 aromatic carbocycles. The minimum atomic E-state index is -4.49. The summed E-state index contributed by atoms with van der Waals surface area (Å²) in [4.78, 5) is 27.8. The molecule has 1 atom stereocenters. The molecule has 2 aliphatic rings. The molecule has 0 saturated carbocycles. The molecule has 0 bridgehead atoms. The molecule has 1 unspecified atom stereocenters. The van der Waals surface area contributed by atoms with E-state index < -0.39 is 17.6 Å². The molecule has 2 aromatic heterocycles. The van der Waals surface area contributed by atoms with E-state index in [2.05, 4.69) is 32.0 Å². The van der Waals surface area contributed by atoms with Crippen LogP contribution in [-0.2, 0) is 22.3 Å². The van der Waals surface area contributed by atoms with Crippen LogP contribution in [0.25, 0.3) is 11.3 Å². The Bertz CT molecular complexity index is 1460. The largest absolute Gasteiger partial charge is 0.466 e. The predicted molar refractivity (Wildman–Crippen MR) is 164 cm³/mol. The predicted octanol–water partition coefficient (Wildman–Crippen LogP) is 6.47. The van der Waals surface area contributed by atoms with E-state index in [1.54, 1.807) is 19.1 Å². The van der Waals surface area contributed by atoms with Gasteiger partial charge in [0.25, 0.3) is 0 Å². The van der Waals surface area contributed by atoms with Crippen molar-refractivity contribution >= 4 is 33.9 Å². The average Bonchev–Trinajstić information content (AvgIpc) is 3.58. The van der Waals surface area contributed by atoms with Gasteiger partial charge in [0, 0.05) is 61.9 Å². The van der Waals surface area contributed by atoms with E-state index in [9.17, 15) is 18.0 Å². The Morgan fingerprint density at radius 1 is 1.16 bits per heavy atom. The summed E-state index contributed by atoms with van der Waals surface area (Å²) in [5.74, 6) is -0.736. The zero-order valence-corrected chi connectivity index (χ0v) is 26.0. The molecule has 5 rings (SSSR count). The van der Waals surface area contributed by atoms with Gasteiger partial charge in [-0.05, 0) is 57.9 Å². The SMILES string of the molecule is CCOC(=O)CCN1CCN(c2ccnc(Nc3nc(-c4ccc(C)c(C(F)(F)F)c4)c(CN4CCCC4C)s3)c2F)CC1. The number of halogens is 4. The minimum absolute atomic E-state index is 0.00789. The Balaban J connectivity index is 1.36. The maximum Gasteiger partial charge on any atom is 0.416 e. The normalized spacial score (nSPS) is 18.2. The third kappa shape index (κ3) is 7.49. The highest BCUT2D eigenvalue weighted by Crippen LogP contribution is 2.39. The summed E-state index contributed by atoms with van der Waals surface area (Å²) in [6.07, 6.45) is -0.514. The van der Waals surface area contributed by atoms with Gasteiger partial charge in [-0.25, -0.2) is 14.4 Å². The molecule has 44 heavy (non-hydrogen) atoms. The van der Waals surface area contributed by atoms with Gasteiger partial charge in [-0.1, -0.05) is 23.5 Å². The lowest BCUT2D eigenvalue weighted by atomic mass is 10.0. The number of anilines is 3. The lowest BCUT2D eigenvalue weighted by Gasteiger charge is -2.36. The van der Waals surface area contributed by atoms with Crippen molar-refractivity contribution in [2.24, 2.45) is 0 Å². The zero-order valence-electron chi connectivity index (χ0n) is 25.2. The average molecular weight is 635 g/mol. The van der Waals surface area contributed by atoms with Crippen molar-refractivity contribution in [2.75, 3.05) is 56.1 Å². The Labute approximate surface area is 259 Å². The number of pyridine rings is 1. The van der Waals surface area contributed by atoms with Crippen LogP contribution < -0.4 is 10.2 Å². The van der Waals surface area contributed by atoms with Crippen LogP contribution in [-0.4, -0.2) is 77.7 Å². The molecular formula is C31H38F4N6O2S. The van der Waals surface area contributed by atoms with Crippen molar-refractivity contribution in [1.82, 2.24) is 19.8 Å². The van der Waals surface area contributed by atoms with E-state index in [0.29, 0.717) is 80.4 Å². The molecule has 8 nitrogen and oxygen atoms in total. The number of benzene rings is 1. The third-order valence-electron chi connectivity index (χ3n) is 8.30. The van der Waals surface area contributed by atoms with E-state index in [1.807, 2.05) is 4.90 Å². The second-order valence-electron chi connectivity index (χ2n) is 11.3. The van der Waals surface area contributed by atoms with Gasteiger partial charge < -0.3 is 15.0 Å². The van der Waals surface area contributed by atoms with Crippen molar-refractivity contribution in [1.29, 1.82) is 0 Å². The van der Waals surface area contributed by atoms with Crippen LogP contribution in [0.2, 0.25) is 0 Å². The number of carbonyl (C=O) groups is 1. The number of esters is 1. The maximum absolute atomic E-state index is 15.8. The fraction of sp³-hybridized carbons (Fsp3) is 0.516. The molecule has 13 heteroatoms. The summed E-state index contributed by atoms with van der Waals surface area (Å²) in [6, 6.07) is 6.26. The van der Waals surface area contributed by atoms with Crippen LogP contribution in [0.4, 0.5) is 34.2 Å². The molecule has 2 aliphatic heterocycles. The van der Waals surface area contributed by atoms with E-state index in [4.69, 9.17) is 4.74 Å². The van der Waals surface area contributed by atoms with Gasteiger partial charge >= 0.3 is 12.1 Å². The number of aromatic nitrogens is 2. The van der Waals surface area contributed by atoms with Crippen LogP contribution in [0.3, 0.4) is 0 Å². The van der Waals surface area contributed by atoms with E-state index in [-0.39, 0.29) is 17.4 Å². The highest BCUT2D eigenvalue weighted by molar-refractivity contribution is 7.16. The van der Waals surface area contributed by atoms with Crippen LogP contribution in [0.5, 0.6) is 0 Å². The Morgan fingerprint density at radius 2 is 1.93 bits per heavy atom. The molecule has 0 spiro atoms. The number of nitrogens with zero attached hydrogens (tertiary/aromatic N) is 5. The lowest BCUT2D eigenvalue weighted by molar-refractivity contribution is -0.143. The molecular weight excluding hydrogens is 596 g/mol. The number of hydrogen-bond donors (Lipinski definition) is 1. The summed E-state index contributed by atoms with van der Waals surface area (Å²) < 4.78 is 62.1. The standard InChI is InChI=1S/C31H38F4N6O2S/c1-4-43-26(42)10-13-39-14-16-40(17-15-39)24-9-11-36-29(27(24)32)38-30-37-28(25(44-30)19-41-12-5-6-21(41)3)22-8-7-20(2)23(18-22)31(33,34)35/h7-9,11,18,21H,4-6,10,12-17,19H2,1-3H3,(H,36,37,38). The summed E-state index contributed by atoms with van der Waals surface area (Å²) >= 11 is 1.31. The van der Waals surface area contributed by atoms with Crippen molar-refractivity contribution in [2.45, 2.75) is 58.8 Å². The first kappa shape index (κ1) is 32.1. The van der Waals surface area contributed by atoms with E-state index in [1.165, 1.54) is 30.5 Å². The third-order valence-corrected chi connectivity index (χ3v) is 9.25. The summed E-state index contributed by atoms with van der Waals surface area (Å²) in [5.41, 5.74) is 0.686. The van der Waals surface area contributed by atoms with Gasteiger partial charge in [-0.3, -0.25) is 14.6 Å². The topological polar surface area (TPSA) is 73.8 Å². The molecule has 238 valence electrons. The Morgan fingerprint density at radius 3 is 2.61 bits per heavy atom. The van der Waals surface area contributed by atoms with Gasteiger partial charge in [0.15, 0.2) is 16.8 Å². The number of nitrogens with one attached hydrogen (secondary N) is 1. The maximum atomic E-state index is 15.8. The fourth-order valence-corrected chi connectivity index (χ4v) is 6.79. The fourth-order valence-electron chi connectivity index (χ4n) is 5.79. The first-order valence-corrected chi connectivity index (χ1v) is 15.8. The number of hydrogen-bond acceptors (Lipinski definition) is 9. The Hall–Kier alpha value is -3.29. The number of likely N-dealkylation sites (tertiary alicyclic amines) is 1. The second kappa shape index (κ2) is 13.8. The molecule has 0 aliphatic carbocycles. The highest BCUT2D eigenvalue weighted by Gasteiger charge is 2.33. The van der Waals surface area contributed by atoms with Crippen LogP contribution in [0.1, 0.15) is 49.1 Å². The van der Waals surface area contributed by atoms with Gasteiger partial charge in [-0.15, -0.1) is 0 Å². The minimum Gasteiger partial charge on any atom is -0.466 e. The number of aryl methyl sites for hydroxylation is 1. The van der Waals surface area contributed by atoms with Gasteiger partial charge in [-0.2, -0.15) is 13.2 Å². The number of thiazole rings is 1. The van der Waals surface area contributed by atoms with Crippen molar-refractivity contribution < 1.29 is 27.1 Å². The van der Waals surface area contributed by atoms with E-state index >= 15 is 4.39 Å².